The molecule has 0 aliphatic carbocycles. The summed E-state index contributed by atoms with van der Waals surface area (Å²) in [5.74, 6) is -0.0967. The number of fused-ring (bicyclic) bond motifs is 1. The molecule has 4 heteroatoms. The molecule has 0 radical (unpaired) electrons. The van der Waals surface area contributed by atoms with Crippen molar-refractivity contribution in [2.75, 3.05) is 16.8 Å². The highest BCUT2D eigenvalue weighted by Gasteiger charge is 2.24. The predicted molar refractivity (Wildman–Crippen MR) is 118 cm³/mol. The fourth-order valence-corrected chi connectivity index (χ4v) is 3.62. The summed E-state index contributed by atoms with van der Waals surface area (Å²) in [4.78, 5) is 14.7. The van der Waals surface area contributed by atoms with Crippen LogP contribution in [0.4, 0.5) is 11.4 Å². The van der Waals surface area contributed by atoms with Crippen molar-refractivity contribution < 1.29 is 4.79 Å². The molecule has 3 aromatic carbocycles. The molecule has 28 heavy (non-hydrogen) atoms. The van der Waals surface area contributed by atoms with Crippen molar-refractivity contribution in [3.05, 3.63) is 94.5 Å². The second-order valence-electron chi connectivity index (χ2n) is 6.79. The van der Waals surface area contributed by atoms with E-state index in [-0.39, 0.29) is 5.91 Å². The Morgan fingerprint density at radius 2 is 1.75 bits per heavy atom. The Labute approximate surface area is 170 Å². The first-order chi connectivity index (χ1) is 13.6. The molecule has 0 saturated heterocycles. The number of halogens is 1. The zero-order chi connectivity index (χ0) is 19.5. The molecule has 3 aromatic rings. The zero-order valence-corrected chi connectivity index (χ0v) is 16.4. The summed E-state index contributed by atoms with van der Waals surface area (Å²) >= 11 is 6.02. The Bertz CT molecular complexity index is 1030. The first-order valence-electron chi connectivity index (χ1n) is 9.36. The monoisotopic (exact) mass is 388 g/mol. The van der Waals surface area contributed by atoms with E-state index < -0.39 is 0 Å². The Balaban J connectivity index is 1.57. The molecular weight excluding hydrogens is 368 g/mol. The average Bonchev–Trinajstić information content (AvgIpc) is 3.02. The van der Waals surface area contributed by atoms with Crippen LogP contribution < -0.4 is 10.2 Å². The largest absolute Gasteiger partial charge is 0.367 e. The van der Waals surface area contributed by atoms with Gasteiger partial charge in [0.05, 0.1) is 5.69 Å². The molecule has 0 spiro atoms. The van der Waals surface area contributed by atoms with E-state index in [1.807, 2.05) is 18.2 Å². The maximum atomic E-state index is 12.3. The molecule has 1 aliphatic rings. The maximum absolute atomic E-state index is 12.3. The summed E-state index contributed by atoms with van der Waals surface area (Å²) in [6.45, 7) is 3.95. The zero-order valence-electron chi connectivity index (χ0n) is 15.7. The van der Waals surface area contributed by atoms with E-state index in [0.717, 1.165) is 35.6 Å². The molecule has 1 aliphatic heterocycles. The average molecular weight is 389 g/mol. The second kappa shape index (κ2) is 7.91. The molecule has 1 N–H and O–H groups in total. The Morgan fingerprint density at radius 3 is 2.46 bits per heavy atom. The number of carbonyl (C=O) groups excluding carboxylic acids is 1. The topological polar surface area (TPSA) is 32.3 Å². The van der Waals surface area contributed by atoms with Crippen molar-refractivity contribution in [1.29, 1.82) is 0 Å². The van der Waals surface area contributed by atoms with E-state index >= 15 is 0 Å². The minimum atomic E-state index is -0.0967. The van der Waals surface area contributed by atoms with E-state index in [0.29, 0.717) is 10.6 Å². The fourth-order valence-electron chi connectivity index (χ4n) is 3.45. The molecule has 0 unspecified atom stereocenters. The van der Waals surface area contributed by atoms with Gasteiger partial charge < -0.3 is 10.2 Å². The van der Waals surface area contributed by atoms with Crippen molar-refractivity contribution in [3.63, 3.8) is 0 Å². The number of hydrogen-bond acceptors (Lipinski definition) is 2. The van der Waals surface area contributed by atoms with Gasteiger partial charge in [-0.3, -0.25) is 4.79 Å². The van der Waals surface area contributed by atoms with Gasteiger partial charge in [-0.2, -0.15) is 0 Å². The first-order valence-corrected chi connectivity index (χ1v) is 9.74. The third kappa shape index (κ3) is 3.80. The summed E-state index contributed by atoms with van der Waals surface area (Å²) < 4.78 is 0. The van der Waals surface area contributed by atoms with Crippen LogP contribution in [0.3, 0.4) is 0 Å². The predicted octanol–water partition coefficient (Wildman–Crippen LogP) is 5.86. The molecule has 0 atom stereocenters. The number of carbonyl (C=O) groups is 1. The maximum Gasteiger partial charge on any atom is 0.256 e. The van der Waals surface area contributed by atoms with Crippen molar-refractivity contribution >= 4 is 40.5 Å². The van der Waals surface area contributed by atoms with Crippen LogP contribution in [0.1, 0.15) is 23.6 Å². The first kappa shape index (κ1) is 18.3. The highest BCUT2D eigenvalue weighted by molar-refractivity contribution is 6.36. The minimum absolute atomic E-state index is 0.0967. The highest BCUT2D eigenvalue weighted by Crippen LogP contribution is 2.35. The van der Waals surface area contributed by atoms with Gasteiger partial charge >= 0.3 is 0 Å². The number of nitrogens with zero attached hydrogens (tertiary/aromatic N) is 1. The van der Waals surface area contributed by atoms with Crippen LogP contribution in [0.15, 0.2) is 72.8 Å². The van der Waals surface area contributed by atoms with Crippen LogP contribution in [0, 0.1) is 0 Å². The Hall–Kier alpha value is -3.04. The van der Waals surface area contributed by atoms with Crippen molar-refractivity contribution in [2.45, 2.75) is 13.5 Å². The van der Waals surface area contributed by atoms with Gasteiger partial charge in [0.1, 0.15) is 0 Å². The molecule has 0 fully saturated rings. The fraction of sp³-hybridized carbons (Fsp3) is 0.125. The van der Waals surface area contributed by atoms with E-state index in [1.165, 1.54) is 5.56 Å². The Kier molecular flexibility index (Phi) is 5.18. The lowest BCUT2D eigenvalue weighted by atomic mass is 10.0. The number of anilines is 2. The van der Waals surface area contributed by atoms with Crippen molar-refractivity contribution in [1.82, 2.24) is 0 Å². The Morgan fingerprint density at radius 1 is 1.00 bits per heavy atom. The van der Waals surface area contributed by atoms with Crippen LogP contribution in [-0.2, 0) is 11.3 Å². The molecule has 0 saturated carbocycles. The molecular formula is C24H21ClN2O. The number of hydrogen-bond donors (Lipinski definition) is 1. The lowest BCUT2D eigenvalue weighted by molar-refractivity contribution is -0.110. The third-order valence-corrected chi connectivity index (χ3v) is 5.17. The van der Waals surface area contributed by atoms with E-state index in [9.17, 15) is 4.79 Å². The summed E-state index contributed by atoms with van der Waals surface area (Å²) in [5, 5.41) is 3.49. The molecule has 0 aromatic heterocycles. The number of amides is 1. The van der Waals surface area contributed by atoms with Crippen LogP contribution in [0.2, 0.25) is 5.02 Å². The molecule has 3 nitrogen and oxygen atoms in total. The van der Waals surface area contributed by atoms with Gasteiger partial charge in [0, 0.05) is 34.9 Å². The second-order valence-corrected chi connectivity index (χ2v) is 7.23. The quantitative estimate of drug-likeness (QED) is 0.555. The van der Waals surface area contributed by atoms with Gasteiger partial charge in [-0.25, -0.2) is 0 Å². The lowest BCUT2D eigenvalue weighted by Crippen LogP contribution is -2.21. The van der Waals surface area contributed by atoms with Crippen LogP contribution in [-0.4, -0.2) is 12.5 Å². The number of benzene rings is 3. The van der Waals surface area contributed by atoms with Gasteiger partial charge in [-0.1, -0.05) is 60.1 Å². The van der Waals surface area contributed by atoms with E-state index in [4.69, 9.17) is 11.6 Å². The van der Waals surface area contributed by atoms with Gasteiger partial charge in [0.15, 0.2) is 0 Å². The minimum Gasteiger partial charge on any atom is -0.367 e. The van der Waals surface area contributed by atoms with Crippen LogP contribution in [0.25, 0.3) is 11.6 Å². The lowest BCUT2D eigenvalue weighted by Gasteiger charge is -2.23. The normalized spacial score (nSPS) is 14.1. The molecule has 1 amide bonds. The standard InChI is InChI=1S/C24H21ClN2O/c1-2-27(16-18-6-4-3-5-7-18)20-11-8-17(9-12-20)14-22-21-13-10-19(25)15-23(21)26-24(22)28/h3-15H,2,16H2,1H3,(H,26,28)/b22-14+. The summed E-state index contributed by atoms with van der Waals surface area (Å²) in [5.41, 5.74) is 5.76. The van der Waals surface area contributed by atoms with Crippen LogP contribution >= 0.6 is 11.6 Å². The third-order valence-electron chi connectivity index (χ3n) is 4.93. The summed E-state index contributed by atoms with van der Waals surface area (Å²) in [6.07, 6.45) is 1.92. The van der Waals surface area contributed by atoms with Crippen molar-refractivity contribution in [2.24, 2.45) is 0 Å². The van der Waals surface area contributed by atoms with Gasteiger partial charge in [-0.15, -0.1) is 0 Å². The van der Waals surface area contributed by atoms with Gasteiger partial charge in [0.2, 0.25) is 0 Å². The SMILES string of the molecule is CCN(Cc1ccccc1)c1ccc(/C=C2/C(=O)Nc3cc(Cl)ccc32)cc1. The van der Waals surface area contributed by atoms with Crippen molar-refractivity contribution in [3.8, 4) is 0 Å². The van der Waals surface area contributed by atoms with Crippen LogP contribution in [0.5, 0.6) is 0 Å². The van der Waals surface area contributed by atoms with E-state index in [1.54, 1.807) is 12.1 Å². The smallest absolute Gasteiger partial charge is 0.256 e. The number of nitrogens with one attached hydrogen (secondary N) is 1. The number of rotatable bonds is 5. The van der Waals surface area contributed by atoms with Gasteiger partial charge in [-0.05, 0) is 48.4 Å². The summed E-state index contributed by atoms with van der Waals surface area (Å²) in [6, 6.07) is 24.2. The molecule has 140 valence electrons. The van der Waals surface area contributed by atoms with E-state index in [2.05, 4.69) is 65.7 Å². The molecule has 4 rings (SSSR count). The molecule has 0 bridgehead atoms. The molecule has 1 heterocycles. The highest BCUT2D eigenvalue weighted by atomic mass is 35.5. The van der Waals surface area contributed by atoms with Gasteiger partial charge in [0.25, 0.3) is 5.91 Å². The summed E-state index contributed by atoms with van der Waals surface area (Å²) in [7, 11) is 0.